The van der Waals surface area contributed by atoms with Gasteiger partial charge in [0.05, 0.1) is 24.8 Å². The van der Waals surface area contributed by atoms with E-state index in [-0.39, 0.29) is 12.2 Å². The maximum absolute atomic E-state index is 13.0. The van der Waals surface area contributed by atoms with Gasteiger partial charge in [-0.25, -0.2) is 31.6 Å². The molecule has 2 aromatic carbocycles. The van der Waals surface area contributed by atoms with E-state index in [1.165, 1.54) is 14.2 Å². The summed E-state index contributed by atoms with van der Waals surface area (Å²) >= 11 is 0. The molecule has 0 aliphatic rings. The summed E-state index contributed by atoms with van der Waals surface area (Å²) in [5.74, 6) is 0.0299. The fourth-order valence-electron chi connectivity index (χ4n) is 2.76. The van der Waals surface area contributed by atoms with E-state index in [1.54, 1.807) is 18.2 Å². The van der Waals surface area contributed by atoms with Crippen LogP contribution in [0.25, 0.3) is 5.69 Å². The van der Waals surface area contributed by atoms with E-state index < -0.39 is 37.8 Å². The number of nitro groups is 1. The van der Waals surface area contributed by atoms with Crippen LogP contribution in [0.1, 0.15) is 17.8 Å². The maximum atomic E-state index is 13.0. The molecule has 3 aromatic rings. The molecule has 0 radical (unpaired) electrons. The summed E-state index contributed by atoms with van der Waals surface area (Å²) in [4.78, 5) is 13.3. The molecule has 0 aliphatic carbocycles. The van der Waals surface area contributed by atoms with E-state index in [4.69, 9.17) is 9.47 Å². The molecule has 1 heterocycles. The van der Waals surface area contributed by atoms with Gasteiger partial charge in [0.1, 0.15) is 22.7 Å². The smallest absolute Gasteiger partial charge is 0.299 e. The van der Waals surface area contributed by atoms with Crippen molar-refractivity contribution in [3.8, 4) is 17.2 Å². The number of alkyl halides is 2. The summed E-state index contributed by atoms with van der Waals surface area (Å²) in [5, 5.41) is 14.7. The molecule has 0 spiro atoms. The number of aromatic nitrogens is 3. The highest BCUT2D eigenvalue weighted by Gasteiger charge is 2.25. The number of hydrogen-bond donors (Lipinski definition) is 1. The zero-order valence-electron chi connectivity index (χ0n) is 16.7. The predicted octanol–water partition coefficient (Wildman–Crippen LogP) is 2.61. The quantitative estimate of drug-likeness (QED) is 0.373. The molecule has 0 amide bonds. The Hall–Kier alpha value is -3.65. The number of ether oxygens (including phenoxy) is 2. The normalized spacial score (nSPS) is 11.5. The average molecular weight is 469 g/mol. The van der Waals surface area contributed by atoms with E-state index in [1.807, 2.05) is 0 Å². The number of sulfonamides is 1. The molecule has 32 heavy (non-hydrogen) atoms. The van der Waals surface area contributed by atoms with Gasteiger partial charge in [-0.05, 0) is 12.1 Å². The third-order valence-electron chi connectivity index (χ3n) is 4.34. The van der Waals surface area contributed by atoms with Crippen molar-refractivity contribution >= 4 is 15.7 Å². The van der Waals surface area contributed by atoms with Gasteiger partial charge in [0.25, 0.3) is 12.1 Å². The van der Waals surface area contributed by atoms with Crippen LogP contribution in [0.5, 0.6) is 11.5 Å². The number of nitro benzene ring substituents is 1. The minimum Gasteiger partial charge on any atom is -0.497 e. The van der Waals surface area contributed by atoms with Crippen molar-refractivity contribution in [3.05, 3.63) is 64.2 Å². The van der Waals surface area contributed by atoms with Gasteiger partial charge in [-0.3, -0.25) is 10.1 Å². The third kappa shape index (κ3) is 4.81. The third-order valence-corrected chi connectivity index (χ3v) is 5.77. The van der Waals surface area contributed by atoms with Crippen LogP contribution in [-0.2, 0) is 16.6 Å². The van der Waals surface area contributed by atoms with E-state index in [9.17, 15) is 27.3 Å². The molecule has 1 N–H and O–H groups in total. The number of rotatable bonds is 9. The Kier molecular flexibility index (Phi) is 6.64. The fourth-order valence-corrected chi connectivity index (χ4v) is 3.98. The zero-order valence-corrected chi connectivity index (χ0v) is 17.5. The lowest BCUT2D eigenvalue weighted by Gasteiger charge is -2.13. The predicted molar refractivity (Wildman–Crippen MR) is 107 cm³/mol. The van der Waals surface area contributed by atoms with Gasteiger partial charge < -0.3 is 9.47 Å². The summed E-state index contributed by atoms with van der Waals surface area (Å²) in [7, 11) is -1.50. The van der Waals surface area contributed by atoms with Gasteiger partial charge in [0.2, 0.25) is 15.8 Å². The first-order valence-electron chi connectivity index (χ1n) is 8.85. The van der Waals surface area contributed by atoms with Crippen molar-refractivity contribution in [2.45, 2.75) is 17.9 Å². The standard InChI is InChI=1S/C18H17F2N5O6S/c1-30-13-5-3-11(15(8-13)31-2)9-22-32(28,29)16-7-12(25(26)27)4-6-14(16)24-10-21-18(23-24)17(19)20/h3-8,10,17,22H,9H2,1-2H3. The Morgan fingerprint density at radius 3 is 2.53 bits per heavy atom. The molecule has 0 fully saturated rings. The summed E-state index contributed by atoms with van der Waals surface area (Å²) in [6, 6.07) is 7.68. The molecule has 0 unspecified atom stereocenters. The number of non-ortho nitro benzene ring substituents is 1. The van der Waals surface area contributed by atoms with Gasteiger partial charge in [0, 0.05) is 30.3 Å². The Labute approximate surface area is 180 Å². The zero-order chi connectivity index (χ0) is 23.5. The fraction of sp³-hybridized carbons (Fsp3) is 0.222. The lowest BCUT2D eigenvalue weighted by Crippen LogP contribution is -2.25. The van der Waals surface area contributed by atoms with Gasteiger partial charge in [-0.1, -0.05) is 6.07 Å². The number of benzene rings is 2. The Balaban J connectivity index is 2.00. The Morgan fingerprint density at radius 2 is 1.94 bits per heavy atom. The molecule has 3 rings (SSSR count). The second-order valence-corrected chi connectivity index (χ2v) is 7.99. The van der Waals surface area contributed by atoms with E-state index >= 15 is 0 Å². The second kappa shape index (κ2) is 9.23. The number of nitrogens with zero attached hydrogens (tertiary/aromatic N) is 4. The van der Waals surface area contributed by atoms with Gasteiger partial charge in [0.15, 0.2) is 0 Å². The first-order valence-corrected chi connectivity index (χ1v) is 10.3. The van der Waals surface area contributed by atoms with E-state index in [2.05, 4.69) is 14.8 Å². The minimum atomic E-state index is -4.36. The van der Waals surface area contributed by atoms with Crippen LogP contribution < -0.4 is 14.2 Å². The first-order chi connectivity index (χ1) is 15.2. The largest absolute Gasteiger partial charge is 0.497 e. The molecule has 0 aliphatic heterocycles. The molecular weight excluding hydrogens is 452 g/mol. The Morgan fingerprint density at radius 1 is 1.19 bits per heavy atom. The molecule has 0 saturated heterocycles. The number of hydrogen-bond acceptors (Lipinski definition) is 8. The van der Waals surface area contributed by atoms with Gasteiger partial charge in [-0.2, -0.15) is 0 Å². The lowest BCUT2D eigenvalue weighted by molar-refractivity contribution is -0.385. The van der Waals surface area contributed by atoms with Crippen LogP contribution >= 0.6 is 0 Å². The Bertz CT molecular complexity index is 1250. The lowest BCUT2D eigenvalue weighted by atomic mass is 10.2. The first kappa shape index (κ1) is 23.0. The van der Waals surface area contributed by atoms with Crippen molar-refractivity contribution in [2.24, 2.45) is 0 Å². The van der Waals surface area contributed by atoms with Crippen LogP contribution in [0, 0.1) is 10.1 Å². The SMILES string of the molecule is COc1ccc(CNS(=O)(=O)c2cc([N+](=O)[O-])ccc2-n2cnc(C(F)F)n2)c(OC)c1. The van der Waals surface area contributed by atoms with Crippen LogP contribution in [-0.4, -0.2) is 42.3 Å². The van der Waals surface area contributed by atoms with Crippen molar-refractivity contribution in [2.75, 3.05) is 14.2 Å². The maximum Gasteiger partial charge on any atom is 0.299 e. The molecule has 1 aromatic heterocycles. The van der Waals surface area contributed by atoms with Crippen molar-refractivity contribution < 1.29 is 31.6 Å². The summed E-state index contributed by atoms with van der Waals surface area (Å²) in [5.41, 5.74) is -0.237. The van der Waals surface area contributed by atoms with E-state index in [0.29, 0.717) is 17.1 Å². The number of nitrogens with one attached hydrogen (secondary N) is 1. The highest BCUT2D eigenvalue weighted by atomic mass is 32.2. The summed E-state index contributed by atoms with van der Waals surface area (Å²) in [6.45, 7) is -0.225. The highest BCUT2D eigenvalue weighted by molar-refractivity contribution is 7.89. The molecule has 14 heteroatoms. The number of halogens is 2. The molecule has 0 saturated carbocycles. The molecular formula is C18H17F2N5O6S. The molecule has 0 atom stereocenters. The van der Waals surface area contributed by atoms with Crippen LogP contribution in [0.2, 0.25) is 0 Å². The molecule has 0 bridgehead atoms. The topological polar surface area (TPSA) is 138 Å². The van der Waals surface area contributed by atoms with E-state index in [0.717, 1.165) is 29.2 Å². The summed E-state index contributed by atoms with van der Waals surface area (Å²) in [6.07, 6.45) is -2.08. The van der Waals surface area contributed by atoms with Crippen molar-refractivity contribution in [3.63, 3.8) is 0 Å². The van der Waals surface area contributed by atoms with Gasteiger partial charge >= 0.3 is 0 Å². The monoisotopic (exact) mass is 469 g/mol. The highest BCUT2D eigenvalue weighted by Crippen LogP contribution is 2.28. The van der Waals surface area contributed by atoms with Crippen LogP contribution in [0.15, 0.2) is 47.6 Å². The molecule has 11 nitrogen and oxygen atoms in total. The summed E-state index contributed by atoms with van der Waals surface area (Å²) < 4.78 is 65.2. The second-order valence-electron chi connectivity index (χ2n) is 6.26. The van der Waals surface area contributed by atoms with Crippen molar-refractivity contribution in [1.29, 1.82) is 0 Å². The van der Waals surface area contributed by atoms with Crippen LogP contribution in [0.4, 0.5) is 14.5 Å². The number of methoxy groups -OCH3 is 2. The van der Waals surface area contributed by atoms with Crippen LogP contribution in [0.3, 0.4) is 0 Å². The average Bonchev–Trinajstić information content (AvgIpc) is 3.27. The van der Waals surface area contributed by atoms with Crippen molar-refractivity contribution in [1.82, 2.24) is 19.5 Å². The molecule has 170 valence electrons. The minimum absolute atomic E-state index is 0.191. The van der Waals surface area contributed by atoms with Gasteiger partial charge in [-0.15, -0.1) is 5.10 Å².